The number of ether oxygens (including phenoxy) is 1. The van der Waals surface area contributed by atoms with E-state index < -0.39 is 0 Å². The second-order valence-electron chi connectivity index (χ2n) is 6.68. The van der Waals surface area contributed by atoms with Crippen molar-refractivity contribution in [3.05, 3.63) is 28.2 Å². The fraction of sp³-hybridized carbons (Fsp3) is 0.706. The van der Waals surface area contributed by atoms with E-state index in [1.54, 1.807) is 0 Å². The van der Waals surface area contributed by atoms with Gasteiger partial charge in [-0.05, 0) is 18.3 Å². The normalized spacial score (nSPS) is 22.4. The van der Waals surface area contributed by atoms with Gasteiger partial charge in [0.25, 0.3) is 0 Å². The molecule has 1 aromatic rings. The number of pyridine rings is 1. The zero-order valence-electron chi connectivity index (χ0n) is 14.1. The summed E-state index contributed by atoms with van der Waals surface area (Å²) in [5, 5.41) is 18.4. The average Bonchev–Trinajstić information content (AvgIpc) is 2.47. The second-order valence-corrected chi connectivity index (χ2v) is 6.68. The summed E-state index contributed by atoms with van der Waals surface area (Å²) in [6.45, 7) is 8.54. The van der Waals surface area contributed by atoms with Crippen LogP contribution in [0.25, 0.3) is 0 Å². The number of aliphatic hydroxyl groups excluding tert-OH is 1. The Morgan fingerprint density at radius 1 is 1.26 bits per heavy atom. The monoisotopic (exact) mass is 324 g/mol. The molecule has 0 bridgehead atoms. The lowest BCUT2D eigenvalue weighted by atomic mass is 9.92. The quantitative estimate of drug-likeness (QED) is 0.733. The molecule has 2 unspecified atom stereocenters. The average molecular weight is 324 g/mol. The van der Waals surface area contributed by atoms with Crippen LogP contribution in [-0.4, -0.2) is 52.6 Å². The van der Waals surface area contributed by atoms with Crippen LogP contribution in [-0.2, 0) is 17.8 Å². The van der Waals surface area contributed by atoms with Crippen LogP contribution in [0.4, 0.5) is 0 Å². The van der Waals surface area contributed by atoms with Crippen molar-refractivity contribution in [2.24, 2.45) is 11.8 Å². The van der Waals surface area contributed by atoms with Gasteiger partial charge < -0.3 is 19.5 Å². The second kappa shape index (κ2) is 8.47. The van der Waals surface area contributed by atoms with Gasteiger partial charge in [0.2, 0.25) is 5.43 Å². The summed E-state index contributed by atoms with van der Waals surface area (Å²) in [7, 11) is 0. The van der Waals surface area contributed by atoms with Crippen LogP contribution in [0.5, 0.6) is 5.75 Å². The molecule has 1 aliphatic heterocycles. The van der Waals surface area contributed by atoms with Crippen molar-refractivity contribution in [3.63, 3.8) is 0 Å². The zero-order chi connectivity index (χ0) is 16.8. The van der Waals surface area contributed by atoms with E-state index in [0.717, 1.165) is 18.8 Å². The number of piperidine rings is 1. The van der Waals surface area contributed by atoms with Crippen molar-refractivity contribution in [2.75, 3.05) is 32.9 Å². The highest BCUT2D eigenvalue weighted by atomic mass is 16.5. The van der Waals surface area contributed by atoms with E-state index in [-0.39, 0.29) is 17.8 Å². The van der Waals surface area contributed by atoms with Crippen LogP contribution in [0.1, 0.15) is 26.0 Å². The lowest BCUT2D eigenvalue weighted by molar-refractivity contribution is 0.0852. The summed E-state index contributed by atoms with van der Waals surface area (Å²) in [4.78, 5) is 14.2. The number of rotatable bonds is 7. The molecule has 0 aliphatic carbocycles. The molecule has 0 radical (unpaired) electrons. The van der Waals surface area contributed by atoms with Crippen molar-refractivity contribution in [1.29, 1.82) is 0 Å². The summed E-state index contributed by atoms with van der Waals surface area (Å²) in [5.41, 5.74) is 0.548. The van der Waals surface area contributed by atoms with E-state index in [1.807, 2.05) is 4.57 Å². The third kappa shape index (κ3) is 5.34. The van der Waals surface area contributed by atoms with Crippen molar-refractivity contribution in [2.45, 2.75) is 33.4 Å². The molecule has 1 aliphatic rings. The topological polar surface area (TPSA) is 74.9 Å². The first-order valence-electron chi connectivity index (χ1n) is 8.33. The van der Waals surface area contributed by atoms with E-state index in [0.29, 0.717) is 38.1 Å². The van der Waals surface area contributed by atoms with E-state index in [9.17, 15) is 9.90 Å². The van der Waals surface area contributed by atoms with E-state index in [1.165, 1.54) is 18.7 Å². The Morgan fingerprint density at radius 2 is 1.96 bits per heavy atom. The van der Waals surface area contributed by atoms with Crippen molar-refractivity contribution >= 4 is 0 Å². The first-order valence-corrected chi connectivity index (χ1v) is 8.33. The predicted molar refractivity (Wildman–Crippen MR) is 88.5 cm³/mol. The molecule has 0 amide bonds. The summed E-state index contributed by atoms with van der Waals surface area (Å²) >= 11 is 0. The third-order valence-electron chi connectivity index (χ3n) is 4.24. The minimum atomic E-state index is -0.342. The maximum absolute atomic E-state index is 11.8. The van der Waals surface area contributed by atoms with Crippen LogP contribution in [0.2, 0.25) is 0 Å². The first-order chi connectivity index (χ1) is 11.0. The Balaban J connectivity index is 2.09. The van der Waals surface area contributed by atoms with Gasteiger partial charge in [-0.1, -0.05) is 13.8 Å². The smallest absolute Gasteiger partial charge is 0.223 e. The van der Waals surface area contributed by atoms with Gasteiger partial charge >= 0.3 is 0 Å². The number of likely N-dealkylation sites (tertiary alicyclic amines) is 1. The SMILES string of the molecule is CC1CC(C)CN(Cc2cc(=O)c(O)cn2CCOCCO)C1. The standard InChI is InChI=1S/C17H28N2O4/c1-13-7-14(2)10-18(9-13)11-15-8-16(21)17(22)12-19(15)3-5-23-6-4-20/h8,12-14,20,22H,3-7,9-11H2,1-2H3. The fourth-order valence-electron chi connectivity index (χ4n) is 3.43. The van der Waals surface area contributed by atoms with Gasteiger partial charge in [-0.25, -0.2) is 0 Å². The van der Waals surface area contributed by atoms with Crippen LogP contribution in [0, 0.1) is 11.8 Å². The molecule has 2 rings (SSSR count). The van der Waals surface area contributed by atoms with Gasteiger partial charge in [-0.15, -0.1) is 0 Å². The lowest BCUT2D eigenvalue weighted by Crippen LogP contribution is -2.39. The maximum Gasteiger partial charge on any atom is 0.223 e. The van der Waals surface area contributed by atoms with Gasteiger partial charge in [0.05, 0.1) is 26.0 Å². The minimum Gasteiger partial charge on any atom is -0.503 e. The Labute approximate surface area is 137 Å². The molecule has 0 saturated carbocycles. The third-order valence-corrected chi connectivity index (χ3v) is 4.24. The highest BCUT2D eigenvalue weighted by Gasteiger charge is 2.22. The molecule has 23 heavy (non-hydrogen) atoms. The minimum absolute atomic E-state index is 0.00811. The number of aromatic hydroxyl groups is 1. The molecule has 2 atom stereocenters. The molecule has 1 saturated heterocycles. The Morgan fingerprint density at radius 3 is 2.61 bits per heavy atom. The molecule has 6 nitrogen and oxygen atoms in total. The van der Waals surface area contributed by atoms with Gasteiger partial charge in [0.1, 0.15) is 0 Å². The number of hydrogen-bond donors (Lipinski definition) is 2. The number of hydrogen-bond acceptors (Lipinski definition) is 5. The Kier molecular flexibility index (Phi) is 6.62. The molecule has 1 fully saturated rings. The van der Waals surface area contributed by atoms with Crippen molar-refractivity contribution < 1.29 is 14.9 Å². The van der Waals surface area contributed by atoms with Gasteiger partial charge in [0.15, 0.2) is 5.75 Å². The lowest BCUT2D eigenvalue weighted by Gasteiger charge is -2.35. The number of aliphatic hydroxyl groups is 1. The Hall–Kier alpha value is -1.37. The highest BCUT2D eigenvalue weighted by molar-refractivity contribution is 5.20. The molecule has 0 aromatic carbocycles. The van der Waals surface area contributed by atoms with Crippen LogP contribution >= 0.6 is 0 Å². The molecular formula is C17H28N2O4. The van der Waals surface area contributed by atoms with E-state index >= 15 is 0 Å². The summed E-state index contributed by atoms with van der Waals surface area (Å²) in [5.74, 6) is 1.07. The van der Waals surface area contributed by atoms with Crippen LogP contribution in [0.15, 0.2) is 17.1 Å². The zero-order valence-corrected chi connectivity index (χ0v) is 14.1. The van der Waals surface area contributed by atoms with Crippen molar-refractivity contribution in [1.82, 2.24) is 9.47 Å². The molecule has 2 N–H and O–H groups in total. The van der Waals surface area contributed by atoms with Crippen molar-refractivity contribution in [3.8, 4) is 5.75 Å². The first kappa shape index (κ1) is 18.0. The highest BCUT2D eigenvalue weighted by Crippen LogP contribution is 2.22. The molecule has 6 heteroatoms. The van der Waals surface area contributed by atoms with E-state index in [4.69, 9.17) is 9.84 Å². The van der Waals surface area contributed by atoms with Gasteiger partial charge in [0, 0.05) is 37.9 Å². The maximum atomic E-state index is 11.8. The van der Waals surface area contributed by atoms with E-state index in [2.05, 4.69) is 18.7 Å². The van der Waals surface area contributed by atoms with Crippen LogP contribution in [0.3, 0.4) is 0 Å². The summed E-state index contributed by atoms with van der Waals surface area (Å²) in [6.07, 6.45) is 2.73. The Bertz CT molecular complexity index is 548. The molecular weight excluding hydrogens is 296 g/mol. The van der Waals surface area contributed by atoms with Gasteiger partial charge in [-0.3, -0.25) is 9.69 Å². The predicted octanol–water partition coefficient (Wildman–Crippen LogP) is 1.04. The molecule has 2 heterocycles. The molecule has 1 aromatic heterocycles. The summed E-state index contributed by atoms with van der Waals surface area (Å²) < 4.78 is 7.16. The van der Waals surface area contributed by atoms with Crippen LogP contribution < -0.4 is 5.43 Å². The number of nitrogens with zero attached hydrogens (tertiary/aromatic N) is 2. The fourth-order valence-corrected chi connectivity index (χ4v) is 3.43. The molecule has 0 spiro atoms. The number of aromatic nitrogens is 1. The summed E-state index contributed by atoms with van der Waals surface area (Å²) in [6, 6.07) is 1.52. The van der Waals surface area contributed by atoms with Gasteiger partial charge in [-0.2, -0.15) is 0 Å². The molecule has 130 valence electrons. The largest absolute Gasteiger partial charge is 0.503 e.